The molecule has 4 nitrogen and oxygen atoms in total. The summed E-state index contributed by atoms with van der Waals surface area (Å²) in [5, 5.41) is 9.25. The summed E-state index contributed by atoms with van der Waals surface area (Å²) in [7, 11) is 1.30. The van der Waals surface area contributed by atoms with Gasteiger partial charge in [-0.15, -0.1) is 0 Å². The molecule has 0 saturated carbocycles. The molecule has 1 aliphatic heterocycles. The summed E-state index contributed by atoms with van der Waals surface area (Å²) < 4.78 is 10.4. The lowest BCUT2D eigenvalue weighted by molar-refractivity contribution is 0.0600. The molecule has 0 aliphatic carbocycles. The Morgan fingerprint density at radius 3 is 2.86 bits per heavy atom. The molecule has 0 fully saturated rings. The molecule has 0 radical (unpaired) electrons. The first-order valence-electron chi connectivity index (χ1n) is 6.22. The van der Waals surface area contributed by atoms with E-state index < -0.39 is 5.97 Å². The number of hydrogen-bond acceptors (Lipinski definition) is 4. The Balaban J connectivity index is 2.16. The van der Waals surface area contributed by atoms with Crippen molar-refractivity contribution in [3.63, 3.8) is 0 Å². The van der Waals surface area contributed by atoms with E-state index in [2.05, 4.69) is 6.07 Å². The molecule has 2 aromatic rings. The second kappa shape index (κ2) is 5.12. The van der Waals surface area contributed by atoms with Crippen molar-refractivity contribution in [3.8, 4) is 22.9 Å². The van der Waals surface area contributed by atoms with Crippen LogP contribution in [0.5, 0.6) is 5.75 Å². The van der Waals surface area contributed by atoms with E-state index in [-0.39, 0.29) is 5.56 Å². The van der Waals surface area contributed by atoms with Crippen molar-refractivity contribution in [1.82, 2.24) is 0 Å². The zero-order valence-electron chi connectivity index (χ0n) is 11.1. The quantitative estimate of drug-likeness (QED) is 0.755. The van der Waals surface area contributed by atoms with Crippen molar-refractivity contribution in [2.45, 2.75) is 6.61 Å². The molecule has 0 N–H and O–H groups in total. The third kappa shape index (κ3) is 2.22. The molecule has 0 amide bonds. The summed E-state index contributed by atoms with van der Waals surface area (Å²) in [5.74, 6) is 0.0778. The van der Waals surface area contributed by atoms with E-state index >= 15 is 0 Å². The van der Waals surface area contributed by atoms with Gasteiger partial charge in [-0.05, 0) is 35.4 Å². The molecule has 1 heterocycles. The topological polar surface area (TPSA) is 59.3 Å². The van der Waals surface area contributed by atoms with E-state index in [9.17, 15) is 4.79 Å². The Morgan fingerprint density at radius 2 is 2.14 bits per heavy atom. The number of nitriles is 1. The van der Waals surface area contributed by atoms with Crippen molar-refractivity contribution in [3.05, 3.63) is 52.0 Å². The van der Waals surface area contributed by atoms with E-state index in [0.717, 1.165) is 16.7 Å². The van der Waals surface area contributed by atoms with Gasteiger partial charge in [0, 0.05) is 5.56 Å². The number of hydrogen-bond donors (Lipinski definition) is 0. The van der Waals surface area contributed by atoms with Gasteiger partial charge in [-0.25, -0.2) is 4.79 Å². The molecule has 0 bridgehead atoms. The summed E-state index contributed by atoms with van der Waals surface area (Å²) in [6.45, 7) is 0.347. The molecule has 3 rings (SSSR count). The van der Waals surface area contributed by atoms with Crippen molar-refractivity contribution < 1.29 is 14.3 Å². The lowest BCUT2D eigenvalue weighted by atomic mass is 9.94. The summed E-state index contributed by atoms with van der Waals surface area (Å²) >= 11 is 6.15. The van der Waals surface area contributed by atoms with Gasteiger partial charge >= 0.3 is 5.97 Å². The number of benzene rings is 2. The lowest BCUT2D eigenvalue weighted by Crippen LogP contribution is -2.09. The van der Waals surface area contributed by atoms with Gasteiger partial charge in [-0.1, -0.05) is 17.7 Å². The highest BCUT2D eigenvalue weighted by Crippen LogP contribution is 2.40. The number of fused-ring (bicyclic) bond motifs is 3. The molecule has 21 heavy (non-hydrogen) atoms. The van der Waals surface area contributed by atoms with Crippen LogP contribution < -0.4 is 4.74 Å². The van der Waals surface area contributed by atoms with Gasteiger partial charge in [0.05, 0.1) is 29.3 Å². The maximum atomic E-state index is 11.7. The number of halogens is 1. The molecule has 2 aromatic carbocycles. The van der Waals surface area contributed by atoms with Gasteiger partial charge in [0.2, 0.25) is 0 Å². The third-order valence-corrected chi connectivity index (χ3v) is 3.69. The molecular weight excluding hydrogens is 290 g/mol. The first kappa shape index (κ1) is 13.5. The SMILES string of the molecule is COC(=O)c1cc2c(cc1Cl)-c1ccc(C#N)cc1CO2. The number of rotatable bonds is 1. The Morgan fingerprint density at radius 1 is 1.33 bits per heavy atom. The standard InChI is InChI=1S/C16H10ClNO3/c1-20-16(19)13-6-15-12(5-14(13)17)11-3-2-9(7-18)4-10(11)8-21-15/h2-6H,8H2,1H3. The van der Waals surface area contributed by atoms with Crippen LogP contribution in [0.2, 0.25) is 5.02 Å². The van der Waals surface area contributed by atoms with Gasteiger partial charge in [-0.3, -0.25) is 0 Å². The molecule has 0 saturated heterocycles. The fourth-order valence-corrected chi connectivity index (χ4v) is 2.59. The fraction of sp³-hybridized carbons (Fsp3) is 0.125. The lowest BCUT2D eigenvalue weighted by Gasteiger charge is -2.22. The van der Waals surface area contributed by atoms with Crippen LogP contribution in [0, 0.1) is 11.3 Å². The molecule has 0 spiro atoms. The van der Waals surface area contributed by atoms with Crippen LogP contribution in [0.15, 0.2) is 30.3 Å². The number of carbonyl (C=O) groups excluding carboxylic acids is 1. The fourth-order valence-electron chi connectivity index (χ4n) is 2.35. The number of nitrogens with zero attached hydrogens (tertiary/aromatic N) is 1. The first-order valence-corrected chi connectivity index (χ1v) is 6.60. The average Bonchev–Trinajstić information content (AvgIpc) is 2.52. The van der Waals surface area contributed by atoms with Gasteiger partial charge < -0.3 is 9.47 Å². The molecule has 0 atom stereocenters. The Labute approximate surface area is 126 Å². The molecular formula is C16H10ClNO3. The average molecular weight is 300 g/mol. The zero-order valence-corrected chi connectivity index (χ0v) is 11.9. The van der Waals surface area contributed by atoms with Crippen LogP contribution in [0.3, 0.4) is 0 Å². The second-order valence-electron chi connectivity index (χ2n) is 4.59. The minimum Gasteiger partial charge on any atom is -0.488 e. The zero-order chi connectivity index (χ0) is 15.0. The molecule has 0 unspecified atom stereocenters. The van der Waals surface area contributed by atoms with Gasteiger partial charge in [0.15, 0.2) is 0 Å². The second-order valence-corrected chi connectivity index (χ2v) is 5.00. The van der Waals surface area contributed by atoms with E-state index in [0.29, 0.717) is 22.9 Å². The van der Waals surface area contributed by atoms with Crippen molar-refractivity contribution >= 4 is 17.6 Å². The summed E-state index contributed by atoms with van der Waals surface area (Å²) in [5.41, 5.74) is 3.53. The Hall–Kier alpha value is -2.51. The minimum atomic E-state index is -0.503. The predicted molar refractivity (Wildman–Crippen MR) is 77.3 cm³/mol. The Bertz CT molecular complexity index is 793. The largest absolute Gasteiger partial charge is 0.488 e. The molecule has 104 valence electrons. The van der Waals surface area contributed by atoms with Gasteiger partial charge in [-0.2, -0.15) is 5.26 Å². The highest BCUT2D eigenvalue weighted by atomic mass is 35.5. The summed E-state index contributed by atoms with van der Waals surface area (Å²) in [4.78, 5) is 11.7. The van der Waals surface area contributed by atoms with E-state index in [4.69, 9.17) is 26.3 Å². The van der Waals surface area contributed by atoms with Gasteiger partial charge in [0.25, 0.3) is 0 Å². The van der Waals surface area contributed by atoms with Crippen LogP contribution >= 0.6 is 11.6 Å². The van der Waals surface area contributed by atoms with Crippen LogP contribution in [0.1, 0.15) is 21.5 Å². The minimum absolute atomic E-state index is 0.273. The van der Waals surface area contributed by atoms with Crippen molar-refractivity contribution in [2.75, 3.05) is 7.11 Å². The predicted octanol–water partition coefficient (Wildman–Crippen LogP) is 3.56. The van der Waals surface area contributed by atoms with Gasteiger partial charge in [0.1, 0.15) is 12.4 Å². The third-order valence-electron chi connectivity index (χ3n) is 3.38. The first-order chi connectivity index (χ1) is 10.1. The number of esters is 1. The van der Waals surface area contributed by atoms with Crippen LogP contribution in [-0.2, 0) is 11.3 Å². The number of carbonyl (C=O) groups is 1. The normalized spacial score (nSPS) is 11.7. The maximum Gasteiger partial charge on any atom is 0.339 e. The number of ether oxygens (including phenoxy) is 2. The molecule has 1 aliphatic rings. The Kier molecular flexibility index (Phi) is 3.28. The summed E-state index contributed by atoms with van der Waals surface area (Å²) in [6.07, 6.45) is 0. The molecule has 0 aromatic heterocycles. The van der Waals surface area contributed by atoms with Crippen LogP contribution in [0.25, 0.3) is 11.1 Å². The van der Waals surface area contributed by atoms with Crippen molar-refractivity contribution in [2.24, 2.45) is 0 Å². The number of methoxy groups -OCH3 is 1. The summed E-state index contributed by atoms with van der Waals surface area (Å²) in [6, 6.07) is 10.8. The molecule has 5 heteroatoms. The van der Waals surface area contributed by atoms with E-state index in [1.165, 1.54) is 7.11 Å². The van der Waals surface area contributed by atoms with Crippen molar-refractivity contribution in [1.29, 1.82) is 5.26 Å². The highest BCUT2D eigenvalue weighted by molar-refractivity contribution is 6.34. The van der Waals surface area contributed by atoms with Crippen LogP contribution in [-0.4, -0.2) is 13.1 Å². The van der Waals surface area contributed by atoms with E-state index in [1.807, 2.05) is 6.07 Å². The van der Waals surface area contributed by atoms with E-state index in [1.54, 1.807) is 24.3 Å². The smallest absolute Gasteiger partial charge is 0.339 e. The maximum absolute atomic E-state index is 11.7. The highest BCUT2D eigenvalue weighted by Gasteiger charge is 2.22. The monoisotopic (exact) mass is 299 g/mol. The van der Waals surface area contributed by atoms with Crippen LogP contribution in [0.4, 0.5) is 0 Å².